The van der Waals surface area contributed by atoms with Crippen LogP contribution in [0, 0.1) is 5.92 Å². The average Bonchev–Trinajstić information content (AvgIpc) is 3.02. The molecule has 2 heterocycles. The van der Waals surface area contributed by atoms with Crippen LogP contribution in [0.3, 0.4) is 0 Å². The molecule has 1 aromatic carbocycles. The first-order chi connectivity index (χ1) is 10.1. The average molecular weight is 288 g/mol. The number of fused-ring (bicyclic) bond motifs is 1. The second-order valence-electron chi connectivity index (χ2n) is 4.55. The van der Waals surface area contributed by atoms with Gasteiger partial charge in [-0.3, -0.25) is 9.59 Å². The van der Waals surface area contributed by atoms with Crippen LogP contribution in [-0.2, 0) is 24.0 Å². The Balaban J connectivity index is 1.91. The fourth-order valence-corrected chi connectivity index (χ4v) is 2.38. The van der Waals surface area contributed by atoms with Gasteiger partial charge in [0.05, 0.1) is 12.3 Å². The van der Waals surface area contributed by atoms with Crippen LogP contribution in [0.2, 0.25) is 0 Å². The summed E-state index contributed by atoms with van der Waals surface area (Å²) in [7, 11) is 0. The molecule has 0 spiro atoms. The summed E-state index contributed by atoms with van der Waals surface area (Å²) in [6.45, 7) is 1.80. The van der Waals surface area contributed by atoms with Crippen LogP contribution in [-0.4, -0.2) is 36.2 Å². The smallest absolute Gasteiger partial charge is 0.357 e. The van der Waals surface area contributed by atoms with E-state index in [2.05, 4.69) is 5.16 Å². The maximum Gasteiger partial charge on any atom is 0.357 e. The van der Waals surface area contributed by atoms with E-state index in [-0.39, 0.29) is 12.3 Å². The van der Waals surface area contributed by atoms with Gasteiger partial charge in [0.1, 0.15) is 5.92 Å². The highest BCUT2D eigenvalue weighted by atomic mass is 16.7. The fourth-order valence-electron chi connectivity index (χ4n) is 2.38. The van der Waals surface area contributed by atoms with Crippen LogP contribution in [0.4, 0.5) is 5.69 Å². The van der Waals surface area contributed by atoms with Gasteiger partial charge in [0.15, 0.2) is 5.71 Å². The number of hydrogen-bond donors (Lipinski definition) is 0. The molecule has 1 aromatic rings. The molecule has 7 heteroatoms. The monoisotopic (exact) mass is 288 g/mol. The molecule has 0 aromatic heterocycles. The largest absolute Gasteiger partial charge is 0.461 e. The molecule has 2 aliphatic heterocycles. The van der Waals surface area contributed by atoms with Gasteiger partial charge in [0.2, 0.25) is 12.0 Å². The van der Waals surface area contributed by atoms with E-state index in [0.717, 1.165) is 4.90 Å². The third-order valence-electron chi connectivity index (χ3n) is 3.31. The van der Waals surface area contributed by atoms with Crippen molar-refractivity contribution in [2.45, 2.75) is 13.0 Å². The molecule has 2 aliphatic rings. The standard InChI is InChI=1S/C14H12N2O5/c1-2-20-14(19)10-9-11(21-15-10)13(18)16(12(9)17)8-6-4-3-5-7-8/h3-7,9,11H,2H2,1H3/t9-,11+/m1/s1. The number of ether oxygens (including phenoxy) is 1. The molecule has 1 saturated heterocycles. The van der Waals surface area contributed by atoms with Crippen molar-refractivity contribution in [1.29, 1.82) is 0 Å². The summed E-state index contributed by atoms with van der Waals surface area (Å²) in [6.07, 6.45) is -1.09. The Morgan fingerprint density at radius 3 is 2.67 bits per heavy atom. The topological polar surface area (TPSA) is 85.3 Å². The number of nitrogens with zero attached hydrogens (tertiary/aromatic N) is 2. The van der Waals surface area contributed by atoms with Gasteiger partial charge in [-0.2, -0.15) is 0 Å². The molecule has 108 valence electrons. The number of carbonyl (C=O) groups is 3. The molecule has 2 atom stereocenters. The predicted octanol–water partition coefficient (Wildman–Crippen LogP) is 0.494. The molecule has 0 unspecified atom stereocenters. The van der Waals surface area contributed by atoms with Crippen LogP contribution in [0.15, 0.2) is 35.5 Å². The van der Waals surface area contributed by atoms with Crippen molar-refractivity contribution in [3.63, 3.8) is 0 Å². The summed E-state index contributed by atoms with van der Waals surface area (Å²) >= 11 is 0. The number of esters is 1. The van der Waals surface area contributed by atoms with Gasteiger partial charge < -0.3 is 9.57 Å². The van der Waals surface area contributed by atoms with E-state index in [1.807, 2.05) is 0 Å². The first-order valence-corrected chi connectivity index (χ1v) is 6.49. The second-order valence-corrected chi connectivity index (χ2v) is 4.55. The highest BCUT2D eigenvalue weighted by molar-refractivity contribution is 6.46. The molecule has 0 aliphatic carbocycles. The third kappa shape index (κ3) is 1.97. The van der Waals surface area contributed by atoms with Crippen LogP contribution in [0.25, 0.3) is 0 Å². The molecule has 0 bridgehead atoms. The number of carbonyl (C=O) groups excluding carboxylic acids is 3. The quantitative estimate of drug-likeness (QED) is 0.597. The number of imide groups is 1. The molecular weight excluding hydrogens is 276 g/mol. The Kier molecular flexibility index (Phi) is 3.17. The Hall–Kier alpha value is -2.70. The van der Waals surface area contributed by atoms with E-state index in [9.17, 15) is 14.4 Å². The lowest BCUT2D eigenvalue weighted by atomic mass is 10.00. The lowest BCUT2D eigenvalue weighted by molar-refractivity contribution is -0.136. The van der Waals surface area contributed by atoms with Gasteiger partial charge in [-0.1, -0.05) is 23.4 Å². The predicted molar refractivity (Wildman–Crippen MR) is 71.4 cm³/mol. The van der Waals surface area contributed by atoms with E-state index in [1.165, 1.54) is 0 Å². The lowest BCUT2D eigenvalue weighted by Gasteiger charge is -2.14. The summed E-state index contributed by atoms with van der Waals surface area (Å²) < 4.78 is 4.83. The fraction of sp³-hybridized carbons (Fsp3) is 0.286. The van der Waals surface area contributed by atoms with Crippen LogP contribution in [0.1, 0.15) is 6.92 Å². The first-order valence-electron chi connectivity index (χ1n) is 6.49. The summed E-state index contributed by atoms with van der Waals surface area (Å²) in [6, 6.07) is 8.48. The van der Waals surface area contributed by atoms with Crippen LogP contribution >= 0.6 is 0 Å². The summed E-state index contributed by atoms with van der Waals surface area (Å²) in [5.74, 6) is -2.82. The third-order valence-corrected chi connectivity index (χ3v) is 3.31. The van der Waals surface area contributed by atoms with E-state index in [4.69, 9.17) is 9.57 Å². The molecule has 3 rings (SSSR count). The van der Waals surface area contributed by atoms with Crippen molar-refractivity contribution in [2.24, 2.45) is 11.1 Å². The van der Waals surface area contributed by atoms with Gasteiger partial charge in [0.25, 0.3) is 5.91 Å². The molecule has 0 radical (unpaired) electrons. The number of oxime groups is 1. The summed E-state index contributed by atoms with van der Waals surface area (Å²) in [4.78, 5) is 42.5. The lowest BCUT2D eigenvalue weighted by Crippen LogP contribution is -2.34. The second kappa shape index (κ2) is 5.01. The molecule has 0 N–H and O–H groups in total. The van der Waals surface area contributed by atoms with E-state index >= 15 is 0 Å². The van der Waals surface area contributed by atoms with Gasteiger partial charge in [0, 0.05) is 0 Å². The minimum Gasteiger partial charge on any atom is -0.461 e. The first kappa shape index (κ1) is 13.3. The van der Waals surface area contributed by atoms with E-state index in [0.29, 0.717) is 5.69 Å². The Morgan fingerprint density at radius 2 is 2.00 bits per heavy atom. The number of hydrogen-bond acceptors (Lipinski definition) is 6. The van der Waals surface area contributed by atoms with Gasteiger partial charge >= 0.3 is 5.97 Å². The number of amides is 2. The number of benzene rings is 1. The normalized spacial score (nSPS) is 23.7. The zero-order valence-electron chi connectivity index (χ0n) is 11.2. The molecular formula is C14H12N2O5. The zero-order valence-corrected chi connectivity index (χ0v) is 11.2. The molecule has 21 heavy (non-hydrogen) atoms. The van der Waals surface area contributed by atoms with Crippen molar-refractivity contribution in [1.82, 2.24) is 0 Å². The SMILES string of the molecule is CCOC(=O)C1=NO[C@@H]2C(=O)N(c3ccccc3)C(=O)[C@H]12. The van der Waals surface area contributed by atoms with E-state index < -0.39 is 29.8 Å². The highest BCUT2D eigenvalue weighted by Crippen LogP contribution is 2.33. The minimum atomic E-state index is -1.09. The Morgan fingerprint density at radius 1 is 1.29 bits per heavy atom. The van der Waals surface area contributed by atoms with Gasteiger partial charge in [-0.25, -0.2) is 9.69 Å². The van der Waals surface area contributed by atoms with Crippen molar-refractivity contribution in [2.75, 3.05) is 11.5 Å². The zero-order chi connectivity index (χ0) is 15.0. The molecule has 7 nitrogen and oxygen atoms in total. The maximum absolute atomic E-state index is 12.5. The number of rotatable bonds is 3. The van der Waals surface area contributed by atoms with Crippen LogP contribution < -0.4 is 4.90 Å². The number of para-hydroxylation sites is 1. The highest BCUT2D eigenvalue weighted by Gasteiger charge is 2.57. The van der Waals surface area contributed by atoms with Crippen molar-refractivity contribution < 1.29 is 24.0 Å². The van der Waals surface area contributed by atoms with Crippen LogP contribution in [0.5, 0.6) is 0 Å². The molecule has 1 fully saturated rings. The molecule has 2 amide bonds. The summed E-state index contributed by atoms with van der Waals surface area (Å²) in [5.41, 5.74) is 0.285. The van der Waals surface area contributed by atoms with Gasteiger partial charge in [-0.05, 0) is 19.1 Å². The summed E-state index contributed by atoms with van der Waals surface area (Å²) in [5, 5.41) is 3.54. The van der Waals surface area contributed by atoms with Crippen molar-refractivity contribution >= 4 is 29.2 Å². The van der Waals surface area contributed by atoms with E-state index in [1.54, 1.807) is 37.3 Å². The van der Waals surface area contributed by atoms with Crippen molar-refractivity contribution in [3.05, 3.63) is 30.3 Å². The van der Waals surface area contributed by atoms with Gasteiger partial charge in [-0.15, -0.1) is 0 Å². The minimum absolute atomic E-state index is 0.153. The molecule has 0 saturated carbocycles. The van der Waals surface area contributed by atoms with Crippen molar-refractivity contribution in [3.8, 4) is 0 Å². The number of anilines is 1. The Bertz CT molecular complexity index is 640. The maximum atomic E-state index is 12.5. The Labute approximate surface area is 120 Å².